The van der Waals surface area contributed by atoms with Crippen molar-refractivity contribution >= 4 is 11.6 Å². The van der Waals surface area contributed by atoms with Crippen LogP contribution in [-0.4, -0.2) is 23.2 Å². The molecule has 0 spiro atoms. The topological polar surface area (TPSA) is 44.2 Å². The number of ether oxygens (including phenoxy) is 2. The summed E-state index contributed by atoms with van der Waals surface area (Å²) < 4.78 is 11.0. The summed E-state index contributed by atoms with van der Waals surface area (Å²) in [5, 5.41) is 0.373. The van der Waals surface area contributed by atoms with Gasteiger partial charge in [0, 0.05) is 5.56 Å². The molecule has 1 aliphatic heterocycles. The van der Waals surface area contributed by atoms with E-state index < -0.39 is 0 Å². The Morgan fingerprint density at radius 3 is 2.71 bits per heavy atom. The predicted molar refractivity (Wildman–Crippen MR) is 63.5 cm³/mol. The summed E-state index contributed by atoms with van der Waals surface area (Å²) in [6.45, 7) is 1.15. The number of hydrogen-bond acceptors (Lipinski definition) is 4. The van der Waals surface area contributed by atoms with Crippen LogP contribution in [-0.2, 0) is 0 Å². The molecule has 3 rings (SSSR count). The number of halogens is 1. The Morgan fingerprint density at radius 2 is 1.88 bits per heavy atom. The molecule has 1 aromatic carbocycles. The van der Waals surface area contributed by atoms with Gasteiger partial charge >= 0.3 is 0 Å². The van der Waals surface area contributed by atoms with E-state index in [1.165, 1.54) is 6.20 Å². The Kier molecular flexibility index (Phi) is 2.57. The van der Waals surface area contributed by atoms with Crippen LogP contribution in [0, 0.1) is 0 Å². The third-order valence-electron chi connectivity index (χ3n) is 2.44. The van der Waals surface area contributed by atoms with Crippen molar-refractivity contribution in [2.24, 2.45) is 0 Å². The number of rotatable bonds is 1. The highest BCUT2D eigenvalue weighted by Gasteiger charge is 2.12. The van der Waals surface area contributed by atoms with Gasteiger partial charge in [-0.2, -0.15) is 0 Å². The van der Waals surface area contributed by atoms with Gasteiger partial charge in [-0.3, -0.25) is 4.98 Å². The molecule has 0 amide bonds. The second-order valence-electron chi connectivity index (χ2n) is 3.59. The molecular weight excluding hydrogens is 240 g/mol. The predicted octanol–water partition coefficient (Wildman–Crippen LogP) is 2.57. The first-order valence-corrected chi connectivity index (χ1v) is 5.58. The molecule has 0 atom stereocenters. The number of nitrogens with zero attached hydrogens (tertiary/aromatic N) is 2. The van der Waals surface area contributed by atoms with Crippen LogP contribution >= 0.6 is 11.6 Å². The maximum Gasteiger partial charge on any atom is 0.162 e. The number of hydrogen-bond donors (Lipinski definition) is 0. The fourth-order valence-electron chi connectivity index (χ4n) is 1.68. The third-order valence-corrected chi connectivity index (χ3v) is 2.63. The Bertz CT molecular complexity index is 560. The van der Waals surface area contributed by atoms with Gasteiger partial charge in [-0.05, 0) is 18.2 Å². The summed E-state index contributed by atoms with van der Waals surface area (Å²) in [7, 11) is 0. The van der Waals surface area contributed by atoms with Gasteiger partial charge in [-0.25, -0.2) is 4.98 Å². The van der Waals surface area contributed by atoms with Crippen LogP contribution in [0.5, 0.6) is 11.5 Å². The van der Waals surface area contributed by atoms with E-state index in [4.69, 9.17) is 21.1 Å². The molecule has 5 heteroatoms. The standard InChI is InChI=1S/C12H9ClN2O2/c13-12-7-14-6-9(15-12)8-1-2-10-11(5-8)17-4-3-16-10/h1-2,5-7H,3-4H2. The van der Waals surface area contributed by atoms with E-state index in [2.05, 4.69) is 9.97 Å². The minimum Gasteiger partial charge on any atom is -0.486 e. The molecule has 17 heavy (non-hydrogen) atoms. The lowest BCUT2D eigenvalue weighted by Gasteiger charge is -2.18. The normalized spacial score (nSPS) is 13.5. The minimum absolute atomic E-state index is 0.373. The summed E-state index contributed by atoms with van der Waals surface area (Å²) in [5.41, 5.74) is 1.62. The highest BCUT2D eigenvalue weighted by molar-refractivity contribution is 6.29. The molecule has 2 heterocycles. The highest BCUT2D eigenvalue weighted by Crippen LogP contribution is 2.33. The van der Waals surface area contributed by atoms with Crippen LogP contribution in [0.15, 0.2) is 30.6 Å². The zero-order valence-electron chi connectivity index (χ0n) is 8.89. The van der Waals surface area contributed by atoms with E-state index in [0.29, 0.717) is 18.4 Å². The van der Waals surface area contributed by atoms with E-state index >= 15 is 0 Å². The summed E-state index contributed by atoms with van der Waals surface area (Å²) in [5.74, 6) is 1.49. The van der Waals surface area contributed by atoms with Crippen LogP contribution in [0.3, 0.4) is 0 Å². The summed E-state index contributed by atoms with van der Waals surface area (Å²) in [4.78, 5) is 8.21. The van der Waals surface area contributed by atoms with Crippen molar-refractivity contribution in [3.63, 3.8) is 0 Å². The highest BCUT2D eigenvalue weighted by atomic mass is 35.5. The molecular formula is C12H9ClN2O2. The first-order chi connectivity index (χ1) is 8.33. The first-order valence-electron chi connectivity index (χ1n) is 5.20. The van der Waals surface area contributed by atoms with Gasteiger partial charge in [0.1, 0.15) is 18.4 Å². The molecule has 0 N–H and O–H groups in total. The average Bonchev–Trinajstić information content (AvgIpc) is 2.38. The van der Waals surface area contributed by atoms with Crippen molar-refractivity contribution < 1.29 is 9.47 Å². The van der Waals surface area contributed by atoms with Crippen LogP contribution < -0.4 is 9.47 Å². The lowest BCUT2D eigenvalue weighted by Crippen LogP contribution is -2.15. The molecule has 0 radical (unpaired) electrons. The SMILES string of the molecule is Clc1cncc(-c2ccc3c(c2)OCCO3)n1. The van der Waals surface area contributed by atoms with E-state index in [9.17, 15) is 0 Å². The second kappa shape index (κ2) is 4.22. The quantitative estimate of drug-likeness (QED) is 0.778. The van der Waals surface area contributed by atoms with Crippen LogP contribution in [0.1, 0.15) is 0 Å². The van der Waals surface area contributed by atoms with Crippen LogP contribution in [0.2, 0.25) is 5.15 Å². The Balaban J connectivity index is 2.04. The summed E-state index contributed by atoms with van der Waals surface area (Å²) in [6, 6.07) is 5.66. The molecule has 4 nitrogen and oxygen atoms in total. The van der Waals surface area contributed by atoms with Gasteiger partial charge in [0.2, 0.25) is 0 Å². The zero-order chi connectivity index (χ0) is 11.7. The van der Waals surface area contributed by atoms with Crippen molar-refractivity contribution in [2.75, 3.05) is 13.2 Å². The number of benzene rings is 1. The van der Waals surface area contributed by atoms with Crippen molar-refractivity contribution in [3.05, 3.63) is 35.7 Å². The summed E-state index contributed by atoms with van der Waals surface area (Å²) >= 11 is 5.81. The van der Waals surface area contributed by atoms with Crippen molar-refractivity contribution in [1.82, 2.24) is 9.97 Å². The van der Waals surface area contributed by atoms with Gasteiger partial charge in [0.05, 0.1) is 18.1 Å². The third kappa shape index (κ3) is 2.03. The fraction of sp³-hybridized carbons (Fsp3) is 0.167. The van der Waals surface area contributed by atoms with Crippen molar-refractivity contribution in [3.8, 4) is 22.8 Å². The van der Waals surface area contributed by atoms with Gasteiger partial charge in [-0.1, -0.05) is 11.6 Å². The van der Waals surface area contributed by atoms with Gasteiger partial charge in [0.15, 0.2) is 11.5 Å². The first kappa shape index (κ1) is 10.4. The van der Waals surface area contributed by atoms with E-state index in [1.54, 1.807) is 6.20 Å². The van der Waals surface area contributed by atoms with Crippen molar-refractivity contribution in [1.29, 1.82) is 0 Å². The molecule has 0 unspecified atom stereocenters. The van der Waals surface area contributed by atoms with Gasteiger partial charge in [0.25, 0.3) is 0 Å². The maximum absolute atomic E-state index is 5.81. The van der Waals surface area contributed by atoms with E-state index in [1.807, 2.05) is 18.2 Å². The number of aromatic nitrogens is 2. The Labute approximate surface area is 103 Å². The molecule has 0 aliphatic carbocycles. The number of fused-ring (bicyclic) bond motifs is 1. The van der Waals surface area contributed by atoms with Gasteiger partial charge in [-0.15, -0.1) is 0 Å². The molecule has 2 aromatic rings. The fourth-order valence-corrected chi connectivity index (χ4v) is 1.83. The lowest BCUT2D eigenvalue weighted by atomic mass is 10.1. The maximum atomic E-state index is 5.81. The molecule has 0 saturated carbocycles. The largest absolute Gasteiger partial charge is 0.486 e. The van der Waals surface area contributed by atoms with Gasteiger partial charge < -0.3 is 9.47 Å². The Hall–Kier alpha value is -1.81. The van der Waals surface area contributed by atoms with Crippen LogP contribution in [0.25, 0.3) is 11.3 Å². The second-order valence-corrected chi connectivity index (χ2v) is 3.97. The van der Waals surface area contributed by atoms with E-state index in [-0.39, 0.29) is 0 Å². The average molecular weight is 249 g/mol. The minimum atomic E-state index is 0.373. The summed E-state index contributed by atoms with van der Waals surface area (Å²) in [6.07, 6.45) is 3.17. The molecule has 0 bridgehead atoms. The Morgan fingerprint density at radius 1 is 1.06 bits per heavy atom. The van der Waals surface area contributed by atoms with Crippen LogP contribution in [0.4, 0.5) is 0 Å². The monoisotopic (exact) mass is 248 g/mol. The van der Waals surface area contributed by atoms with Crippen molar-refractivity contribution in [2.45, 2.75) is 0 Å². The molecule has 0 fully saturated rings. The lowest BCUT2D eigenvalue weighted by molar-refractivity contribution is 0.171. The molecule has 0 saturated heterocycles. The molecule has 86 valence electrons. The van der Waals surface area contributed by atoms with E-state index in [0.717, 1.165) is 22.8 Å². The molecule has 1 aliphatic rings. The zero-order valence-corrected chi connectivity index (χ0v) is 9.65. The molecule has 1 aromatic heterocycles. The smallest absolute Gasteiger partial charge is 0.162 e.